The molecule has 1 atom stereocenters. The van der Waals surface area contributed by atoms with E-state index in [-0.39, 0.29) is 35.9 Å². The van der Waals surface area contributed by atoms with Crippen LogP contribution in [-0.4, -0.2) is 44.1 Å². The van der Waals surface area contributed by atoms with Gasteiger partial charge >= 0.3 is 0 Å². The zero-order valence-electron chi connectivity index (χ0n) is 15.0. The Morgan fingerprint density at radius 1 is 1.38 bits per heavy atom. The largest absolute Gasteiger partial charge is 0.375 e. The number of halogens is 2. The molecule has 0 amide bonds. The Morgan fingerprint density at radius 2 is 2.04 bits per heavy atom. The number of hydrogen-bond acceptors (Lipinski definition) is 2. The third kappa shape index (κ3) is 5.88. The van der Waals surface area contributed by atoms with Gasteiger partial charge in [-0.05, 0) is 36.5 Å². The van der Waals surface area contributed by atoms with Crippen molar-refractivity contribution >= 4 is 29.9 Å². The summed E-state index contributed by atoms with van der Waals surface area (Å²) in [7, 11) is 1.66. The SMILES string of the molecule is CCNC(=NCC(OC)c1ccc(F)cc1)N1CCC(C)(C)C1.I. The van der Waals surface area contributed by atoms with Crippen molar-refractivity contribution in [1.82, 2.24) is 10.2 Å². The summed E-state index contributed by atoms with van der Waals surface area (Å²) in [6, 6.07) is 6.42. The first-order chi connectivity index (χ1) is 10.9. The van der Waals surface area contributed by atoms with Crippen molar-refractivity contribution in [2.45, 2.75) is 33.3 Å². The lowest BCUT2D eigenvalue weighted by Gasteiger charge is -2.24. The Balaban J connectivity index is 0.00000288. The number of hydrogen-bond donors (Lipinski definition) is 1. The Kier molecular flexibility index (Phi) is 8.42. The lowest BCUT2D eigenvalue weighted by atomic mass is 9.93. The van der Waals surface area contributed by atoms with Crippen LogP contribution in [0.2, 0.25) is 0 Å². The fraction of sp³-hybridized carbons (Fsp3) is 0.611. The molecule has 1 heterocycles. The van der Waals surface area contributed by atoms with Crippen LogP contribution in [0.25, 0.3) is 0 Å². The van der Waals surface area contributed by atoms with Crippen LogP contribution in [0.15, 0.2) is 29.3 Å². The Labute approximate surface area is 161 Å². The second-order valence-electron chi connectivity index (χ2n) is 6.81. The molecule has 0 aromatic heterocycles. The molecule has 1 aliphatic rings. The molecule has 1 aromatic carbocycles. The maximum absolute atomic E-state index is 13.1. The van der Waals surface area contributed by atoms with Gasteiger partial charge in [0, 0.05) is 26.7 Å². The van der Waals surface area contributed by atoms with E-state index in [0.29, 0.717) is 12.0 Å². The van der Waals surface area contributed by atoms with E-state index >= 15 is 0 Å². The van der Waals surface area contributed by atoms with Crippen LogP contribution in [-0.2, 0) is 4.74 Å². The van der Waals surface area contributed by atoms with Crippen molar-refractivity contribution < 1.29 is 9.13 Å². The topological polar surface area (TPSA) is 36.9 Å². The Bertz CT molecular complexity index is 534. The zero-order valence-corrected chi connectivity index (χ0v) is 17.3. The van der Waals surface area contributed by atoms with E-state index in [1.165, 1.54) is 18.6 Å². The third-order valence-electron chi connectivity index (χ3n) is 4.25. The van der Waals surface area contributed by atoms with Gasteiger partial charge < -0.3 is 15.0 Å². The van der Waals surface area contributed by atoms with E-state index < -0.39 is 0 Å². The van der Waals surface area contributed by atoms with Gasteiger partial charge in [0.25, 0.3) is 0 Å². The first-order valence-corrected chi connectivity index (χ1v) is 8.26. The molecule has 24 heavy (non-hydrogen) atoms. The van der Waals surface area contributed by atoms with Gasteiger partial charge in [0.2, 0.25) is 0 Å². The summed E-state index contributed by atoms with van der Waals surface area (Å²) in [6.07, 6.45) is 1.00. The van der Waals surface area contributed by atoms with Crippen LogP contribution in [0.1, 0.15) is 38.9 Å². The van der Waals surface area contributed by atoms with Crippen molar-refractivity contribution in [3.8, 4) is 0 Å². The second-order valence-corrected chi connectivity index (χ2v) is 6.81. The lowest BCUT2D eigenvalue weighted by Crippen LogP contribution is -2.41. The smallest absolute Gasteiger partial charge is 0.194 e. The molecule has 1 aromatic rings. The van der Waals surface area contributed by atoms with Gasteiger partial charge in [0.1, 0.15) is 11.9 Å². The summed E-state index contributed by atoms with van der Waals surface area (Å²) in [6.45, 7) is 10.0. The van der Waals surface area contributed by atoms with Crippen LogP contribution in [0.3, 0.4) is 0 Å². The molecule has 0 aliphatic carbocycles. The Morgan fingerprint density at radius 3 is 2.54 bits per heavy atom. The fourth-order valence-corrected chi connectivity index (χ4v) is 2.88. The molecule has 6 heteroatoms. The molecule has 1 saturated heterocycles. The van der Waals surface area contributed by atoms with Gasteiger partial charge in [-0.1, -0.05) is 26.0 Å². The summed E-state index contributed by atoms with van der Waals surface area (Å²) >= 11 is 0. The highest BCUT2D eigenvalue weighted by Gasteiger charge is 2.31. The molecule has 0 saturated carbocycles. The van der Waals surface area contributed by atoms with E-state index in [1.807, 2.05) is 0 Å². The summed E-state index contributed by atoms with van der Waals surface area (Å²) < 4.78 is 18.6. The third-order valence-corrected chi connectivity index (χ3v) is 4.25. The number of guanidine groups is 1. The minimum absolute atomic E-state index is 0. The maximum Gasteiger partial charge on any atom is 0.194 e. The first kappa shape index (κ1) is 21.2. The molecule has 2 rings (SSSR count). The van der Waals surface area contributed by atoms with E-state index in [0.717, 1.165) is 31.2 Å². The predicted molar refractivity (Wildman–Crippen MR) is 108 cm³/mol. The van der Waals surface area contributed by atoms with Gasteiger partial charge in [-0.15, -0.1) is 24.0 Å². The van der Waals surface area contributed by atoms with E-state index in [4.69, 9.17) is 9.73 Å². The van der Waals surface area contributed by atoms with Crippen LogP contribution in [0, 0.1) is 11.2 Å². The average molecular weight is 449 g/mol. The molecule has 4 nitrogen and oxygen atoms in total. The highest BCUT2D eigenvalue weighted by atomic mass is 127. The minimum Gasteiger partial charge on any atom is -0.375 e. The molecular weight excluding hydrogens is 420 g/mol. The number of ether oxygens (including phenoxy) is 1. The molecule has 0 radical (unpaired) electrons. The summed E-state index contributed by atoms with van der Waals surface area (Å²) in [5, 5.41) is 3.36. The minimum atomic E-state index is -0.236. The monoisotopic (exact) mass is 449 g/mol. The van der Waals surface area contributed by atoms with Gasteiger partial charge in [-0.25, -0.2) is 4.39 Å². The quantitative estimate of drug-likeness (QED) is 0.422. The summed E-state index contributed by atoms with van der Waals surface area (Å²) in [5.41, 5.74) is 1.27. The van der Waals surface area contributed by atoms with Crippen molar-refractivity contribution in [2.24, 2.45) is 10.4 Å². The van der Waals surface area contributed by atoms with Gasteiger partial charge in [-0.3, -0.25) is 4.99 Å². The van der Waals surface area contributed by atoms with E-state index in [1.54, 1.807) is 19.2 Å². The number of benzene rings is 1. The fourth-order valence-electron chi connectivity index (χ4n) is 2.88. The Hall–Kier alpha value is -0.890. The predicted octanol–water partition coefficient (Wildman–Crippen LogP) is 3.83. The molecule has 136 valence electrons. The number of rotatable bonds is 5. The molecular formula is C18H29FIN3O. The number of nitrogens with zero attached hydrogens (tertiary/aromatic N) is 2. The first-order valence-electron chi connectivity index (χ1n) is 8.26. The molecule has 1 aliphatic heterocycles. The highest BCUT2D eigenvalue weighted by molar-refractivity contribution is 14.0. The summed E-state index contributed by atoms with van der Waals surface area (Å²) in [4.78, 5) is 7.05. The van der Waals surface area contributed by atoms with Crippen molar-refractivity contribution in [1.29, 1.82) is 0 Å². The van der Waals surface area contributed by atoms with Crippen molar-refractivity contribution in [3.63, 3.8) is 0 Å². The number of aliphatic imine (C=N–C) groups is 1. The standard InChI is InChI=1S/C18H28FN3O.HI/c1-5-20-17(22-11-10-18(2,3)13-22)21-12-16(23-4)14-6-8-15(19)9-7-14;/h6-9,16H,5,10-13H2,1-4H3,(H,20,21);1H. The number of nitrogens with one attached hydrogen (secondary N) is 1. The van der Waals surface area contributed by atoms with Crippen LogP contribution >= 0.6 is 24.0 Å². The zero-order chi connectivity index (χ0) is 16.9. The summed E-state index contributed by atoms with van der Waals surface area (Å²) in [5.74, 6) is 0.696. The maximum atomic E-state index is 13.1. The second kappa shape index (κ2) is 9.56. The van der Waals surface area contributed by atoms with Crippen LogP contribution in [0.5, 0.6) is 0 Å². The lowest BCUT2D eigenvalue weighted by molar-refractivity contribution is 0.110. The van der Waals surface area contributed by atoms with Gasteiger partial charge in [0.05, 0.1) is 6.54 Å². The number of methoxy groups -OCH3 is 1. The molecule has 0 bridgehead atoms. The van der Waals surface area contributed by atoms with Crippen molar-refractivity contribution in [3.05, 3.63) is 35.6 Å². The van der Waals surface area contributed by atoms with Crippen molar-refractivity contribution in [2.75, 3.05) is 33.3 Å². The highest BCUT2D eigenvalue weighted by Crippen LogP contribution is 2.28. The normalized spacial score (nSPS) is 18.2. The average Bonchev–Trinajstić information content (AvgIpc) is 2.88. The molecule has 1 fully saturated rings. The van der Waals surface area contributed by atoms with Crippen LogP contribution < -0.4 is 5.32 Å². The molecule has 1 N–H and O–H groups in total. The molecule has 0 spiro atoms. The number of likely N-dealkylation sites (tertiary alicyclic amines) is 1. The van der Waals surface area contributed by atoms with E-state index in [9.17, 15) is 4.39 Å². The van der Waals surface area contributed by atoms with Gasteiger partial charge in [0.15, 0.2) is 5.96 Å². The van der Waals surface area contributed by atoms with Crippen LogP contribution in [0.4, 0.5) is 4.39 Å². The molecule has 1 unspecified atom stereocenters. The van der Waals surface area contributed by atoms with E-state index in [2.05, 4.69) is 31.0 Å². The van der Waals surface area contributed by atoms with Gasteiger partial charge in [-0.2, -0.15) is 0 Å².